The van der Waals surface area contributed by atoms with Crippen LogP contribution >= 0.6 is 0 Å². The molecule has 0 N–H and O–H groups in total. The molecule has 0 aliphatic rings. The van der Waals surface area contributed by atoms with E-state index in [-0.39, 0.29) is 0 Å². The SMILES string of the molecule is Cc1ncc(C(C)CCc2coc(C(C)C)n2)o1. The zero-order valence-electron chi connectivity index (χ0n) is 11.4. The van der Waals surface area contributed by atoms with Gasteiger partial charge in [-0.25, -0.2) is 9.97 Å². The number of aryl methyl sites for hydroxylation is 2. The molecule has 18 heavy (non-hydrogen) atoms. The van der Waals surface area contributed by atoms with Gasteiger partial charge in [0.25, 0.3) is 0 Å². The molecular weight excluding hydrogens is 228 g/mol. The first kappa shape index (κ1) is 12.9. The van der Waals surface area contributed by atoms with E-state index in [1.807, 2.05) is 13.1 Å². The Morgan fingerprint density at radius 3 is 2.61 bits per heavy atom. The van der Waals surface area contributed by atoms with Gasteiger partial charge in [-0.05, 0) is 12.8 Å². The second-order valence-corrected chi connectivity index (χ2v) is 5.05. The van der Waals surface area contributed by atoms with Crippen molar-refractivity contribution in [1.82, 2.24) is 9.97 Å². The molecule has 0 fully saturated rings. The van der Waals surface area contributed by atoms with E-state index in [0.29, 0.717) is 11.8 Å². The molecule has 4 nitrogen and oxygen atoms in total. The quantitative estimate of drug-likeness (QED) is 0.806. The summed E-state index contributed by atoms with van der Waals surface area (Å²) in [6, 6.07) is 0. The first-order chi connectivity index (χ1) is 8.56. The van der Waals surface area contributed by atoms with E-state index in [1.165, 1.54) is 0 Å². The maximum Gasteiger partial charge on any atom is 0.196 e. The lowest BCUT2D eigenvalue weighted by Gasteiger charge is -2.05. The zero-order valence-corrected chi connectivity index (χ0v) is 11.4. The van der Waals surface area contributed by atoms with Crippen molar-refractivity contribution < 1.29 is 8.83 Å². The number of nitrogens with zero attached hydrogens (tertiary/aromatic N) is 2. The summed E-state index contributed by atoms with van der Waals surface area (Å²) in [7, 11) is 0. The van der Waals surface area contributed by atoms with Crippen LogP contribution in [0.1, 0.15) is 62.3 Å². The van der Waals surface area contributed by atoms with Crippen LogP contribution in [-0.2, 0) is 6.42 Å². The molecule has 0 aromatic carbocycles. The van der Waals surface area contributed by atoms with Gasteiger partial charge in [0, 0.05) is 18.8 Å². The maximum absolute atomic E-state index is 5.52. The predicted octanol–water partition coefficient (Wildman–Crippen LogP) is 3.83. The average molecular weight is 248 g/mol. The van der Waals surface area contributed by atoms with Crippen molar-refractivity contribution in [2.45, 2.75) is 52.4 Å². The minimum Gasteiger partial charge on any atom is -0.448 e. The molecule has 98 valence electrons. The van der Waals surface area contributed by atoms with Gasteiger partial charge in [0.05, 0.1) is 11.9 Å². The van der Waals surface area contributed by atoms with Crippen LogP contribution in [0.5, 0.6) is 0 Å². The fourth-order valence-corrected chi connectivity index (χ4v) is 1.81. The van der Waals surface area contributed by atoms with Crippen molar-refractivity contribution in [3.8, 4) is 0 Å². The number of hydrogen-bond donors (Lipinski definition) is 0. The van der Waals surface area contributed by atoms with Crippen LogP contribution < -0.4 is 0 Å². The molecule has 2 aromatic heterocycles. The predicted molar refractivity (Wildman–Crippen MR) is 68.6 cm³/mol. The summed E-state index contributed by atoms with van der Waals surface area (Å²) in [4.78, 5) is 8.59. The summed E-state index contributed by atoms with van der Waals surface area (Å²) in [5.74, 6) is 3.17. The number of oxazole rings is 2. The third-order valence-corrected chi connectivity index (χ3v) is 3.02. The second-order valence-electron chi connectivity index (χ2n) is 5.05. The Kier molecular flexibility index (Phi) is 3.84. The van der Waals surface area contributed by atoms with Crippen LogP contribution in [0.3, 0.4) is 0 Å². The molecule has 1 unspecified atom stereocenters. The molecule has 0 radical (unpaired) electrons. The van der Waals surface area contributed by atoms with Gasteiger partial charge in [-0.1, -0.05) is 20.8 Å². The summed E-state index contributed by atoms with van der Waals surface area (Å²) >= 11 is 0. The van der Waals surface area contributed by atoms with Crippen LogP contribution in [0.25, 0.3) is 0 Å². The number of aromatic nitrogens is 2. The van der Waals surface area contributed by atoms with Gasteiger partial charge in [0.15, 0.2) is 11.8 Å². The van der Waals surface area contributed by atoms with Crippen molar-refractivity contribution >= 4 is 0 Å². The Hall–Kier alpha value is -1.58. The Morgan fingerprint density at radius 1 is 1.28 bits per heavy atom. The normalized spacial score (nSPS) is 13.2. The lowest BCUT2D eigenvalue weighted by atomic mass is 10.0. The number of hydrogen-bond acceptors (Lipinski definition) is 4. The van der Waals surface area contributed by atoms with E-state index >= 15 is 0 Å². The average Bonchev–Trinajstić information content (AvgIpc) is 2.94. The number of rotatable bonds is 5. The Bertz CT molecular complexity index is 499. The van der Waals surface area contributed by atoms with Crippen molar-refractivity contribution in [2.24, 2.45) is 0 Å². The summed E-state index contributed by atoms with van der Waals surface area (Å²) in [5, 5.41) is 0. The highest BCUT2D eigenvalue weighted by atomic mass is 16.4. The van der Waals surface area contributed by atoms with Crippen LogP contribution in [0.2, 0.25) is 0 Å². The van der Waals surface area contributed by atoms with E-state index in [0.717, 1.165) is 36.1 Å². The summed E-state index contributed by atoms with van der Waals surface area (Å²) in [6.07, 6.45) is 5.45. The van der Waals surface area contributed by atoms with Crippen molar-refractivity contribution in [2.75, 3.05) is 0 Å². The molecule has 1 atom stereocenters. The van der Waals surface area contributed by atoms with Gasteiger partial charge >= 0.3 is 0 Å². The van der Waals surface area contributed by atoms with Crippen LogP contribution in [0.15, 0.2) is 21.3 Å². The highest BCUT2D eigenvalue weighted by Gasteiger charge is 2.13. The standard InChI is InChI=1S/C14H20N2O2/c1-9(2)14-16-12(8-17-14)6-5-10(3)13-7-15-11(4)18-13/h7-10H,5-6H2,1-4H3. The highest BCUT2D eigenvalue weighted by molar-refractivity contribution is 5.03. The highest BCUT2D eigenvalue weighted by Crippen LogP contribution is 2.22. The van der Waals surface area contributed by atoms with Gasteiger partial charge in [-0.2, -0.15) is 0 Å². The molecule has 2 aromatic rings. The van der Waals surface area contributed by atoms with Gasteiger partial charge in [0.2, 0.25) is 0 Å². The van der Waals surface area contributed by atoms with Gasteiger partial charge < -0.3 is 8.83 Å². The minimum atomic E-state index is 0.341. The first-order valence-corrected chi connectivity index (χ1v) is 6.43. The van der Waals surface area contributed by atoms with E-state index < -0.39 is 0 Å². The molecule has 4 heteroatoms. The van der Waals surface area contributed by atoms with Crippen LogP contribution in [0, 0.1) is 6.92 Å². The van der Waals surface area contributed by atoms with Gasteiger partial charge in [-0.15, -0.1) is 0 Å². The second kappa shape index (κ2) is 5.38. The molecule has 0 saturated heterocycles. The molecule has 0 spiro atoms. The largest absolute Gasteiger partial charge is 0.448 e. The molecule has 0 bridgehead atoms. The van der Waals surface area contributed by atoms with Crippen molar-refractivity contribution in [3.63, 3.8) is 0 Å². The van der Waals surface area contributed by atoms with E-state index in [1.54, 1.807) is 6.26 Å². The molecule has 2 heterocycles. The lowest BCUT2D eigenvalue weighted by molar-refractivity contribution is 0.436. The van der Waals surface area contributed by atoms with Crippen molar-refractivity contribution in [1.29, 1.82) is 0 Å². The van der Waals surface area contributed by atoms with Crippen molar-refractivity contribution in [3.05, 3.63) is 35.7 Å². The smallest absolute Gasteiger partial charge is 0.196 e. The zero-order chi connectivity index (χ0) is 13.1. The van der Waals surface area contributed by atoms with Crippen LogP contribution in [0.4, 0.5) is 0 Å². The summed E-state index contributed by atoms with van der Waals surface area (Å²) in [6.45, 7) is 8.16. The minimum absolute atomic E-state index is 0.341. The van der Waals surface area contributed by atoms with Gasteiger partial charge in [-0.3, -0.25) is 0 Å². The summed E-state index contributed by atoms with van der Waals surface area (Å²) < 4.78 is 10.9. The lowest BCUT2D eigenvalue weighted by Crippen LogP contribution is -1.96. The fourth-order valence-electron chi connectivity index (χ4n) is 1.81. The molecule has 0 amide bonds. The van der Waals surface area contributed by atoms with E-state index in [4.69, 9.17) is 8.83 Å². The molecule has 0 aliphatic heterocycles. The Labute approximate surface area is 107 Å². The molecule has 0 aliphatic carbocycles. The van der Waals surface area contributed by atoms with Gasteiger partial charge in [0.1, 0.15) is 12.0 Å². The van der Waals surface area contributed by atoms with E-state index in [2.05, 4.69) is 30.7 Å². The third-order valence-electron chi connectivity index (χ3n) is 3.02. The van der Waals surface area contributed by atoms with E-state index in [9.17, 15) is 0 Å². The third kappa shape index (κ3) is 3.00. The van der Waals surface area contributed by atoms with Crippen LogP contribution in [-0.4, -0.2) is 9.97 Å². The summed E-state index contributed by atoms with van der Waals surface area (Å²) in [5.41, 5.74) is 1.02. The maximum atomic E-state index is 5.52. The Morgan fingerprint density at radius 2 is 2.06 bits per heavy atom. The monoisotopic (exact) mass is 248 g/mol. The fraction of sp³-hybridized carbons (Fsp3) is 0.571. The Balaban J connectivity index is 1.90. The topological polar surface area (TPSA) is 52.1 Å². The molecule has 0 saturated carbocycles. The molecule has 2 rings (SSSR count). The molecular formula is C14H20N2O2. The first-order valence-electron chi connectivity index (χ1n) is 6.43.